The van der Waals surface area contributed by atoms with Crippen LogP contribution in [0.25, 0.3) is 0 Å². The lowest BCUT2D eigenvalue weighted by molar-refractivity contribution is -0.120. The third-order valence-electron chi connectivity index (χ3n) is 3.45. The van der Waals surface area contributed by atoms with Gasteiger partial charge in [0, 0.05) is 6.54 Å². The molecule has 1 amide bonds. The number of nitrogens with zero attached hydrogens (tertiary/aromatic N) is 1. The Bertz CT molecular complexity index is 414. The first kappa shape index (κ1) is 13.9. The van der Waals surface area contributed by atoms with Crippen LogP contribution >= 0.6 is 0 Å². The summed E-state index contributed by atoms with van der Waals surface area (Å²) in [6, 6.07) is 6.84. The van der Waals surface area contributed by atoms with Crippen molar-refractivity contribution >= 4 is 5.91 Å². The van der Waals surface area contributed by atoms with Crippen LogP contribution in [0.15, 0.2) is 24.3 Å². The molecule has 1 saturated heterocycles. The molecule has 4 heteroatoms. The third kappa shape index (κ3) is 4.91. The maximum atomic E-state index is 11.7. The quantitative estimate of drug-likeness (QED) is 0.765. The van der Waals surface area contributed by atoms with E-state index in [0.717, 1.165) is 25.1 Å². The monoisotopic (exact) mass is 262 g/mol. The van der Waals surface area contributed by atoms with Gasteiger partial charge in [0.25, 0.3) is 0 Å². The zero-order valence-electron chi connectivity index (χ0n) is 11.3. The van der Waals surface area contributed by atoms with Crippen molar-refractivity contribution in [3.63, 3.8) is 0 Å². The minimum atomic E-state index is 0.0204. The maximum Gasteiger partial charge on any atom is 0.224 e. The second kappa shape index (κ2) is 7.14. The van der Waals surface area contributed by atoms with Gasteiger partial charge in [-0.05, 0) is 56.6 Å². The van der Waals surface area contributed by atoms with Gasteiger partial charge in [-0.1, -0.05) is 12.1 Å². The van der Waals surface area contributed by atoms with Gasteiger partial charge in [-0.2, -0.15) is 0 Å². The molecule has 0 unspecified atom stereocenters. The molecule has 1 heterocycles. The zero-order chi connectivity index (χ0) is 13.5. The summed E-state index contributed by atoms with van der Waals surface area (Å²) < 4.78 is 0. The SMILES string of the molecule is O=C(Cc1cccc(O)c1)NCCCN1CCCC1. The Kier molecular flexibility index (Phi) is 5.21. The number of nitrogens with one attached hydrogen (secondary N) is 1. The van der Waals surface area contributed by atoms with E-state index in [9.17, 15) is 9.90 Å². The van der Waals surface area contributed by atoms with E-state index in [1.807, 2.05) is 6.07 Å². The summed E-state index contributed by atoms with van der Waals surface area (Å²) in [6.07, 6.45) is 3.96. The van der Waals surface area contributed by atoms with Crippen LogP contribution in [0, 0.1) is 0 Å². The summed E-state index contributed by atoms with van der Waals surface area (Å²) in [5.41, 5.74) is 0.844. The molecule has 0 saturated carbocycles. The number of carbonyl (C=O) groups excluding carboxylic acids is 1. The van der Waals surface area contributed by atoms with E-state index in [2.05, 4.69) is 10.2 Å². The van der Waals surface area contributed by atoms with Crippen LogP contribution in [-0.2, 0) is 11.2 Å². The molecule has 0 aliphatic carbocycles. The van der Waals surface area contributed by atoms with E-state index in [1.165, 1.54) is 25.9 Å². The highest BCUT2D eigenvalue weighted by atomic mass is 16.3. The van der Waals surface area contributed by atoms with Crippen LogP contribution in [0.4, 0.5) is 0 Å². The van der Waals surface area contributed by atoms with Gasteiger partial charge < -0.3 is 15.3 Å². The largest absolute Gasteiger partial charge is 0.508 e. The molecule has 0 atom stereocenters. The van der Waals surface area contributed by atoms with Crippen LogP contribution in [0.5, 0.6) is 5.75 Å². The number of rotatable bonds is 6. The van der Waals surface area contributed by atoms with Gasteiger partial charge in [-0.25, -0.2) is 0 Å². The Balaban J connectivity index is 1.61. The number of likely N-dealkylation sites (tertiary alicyclic amines) is 1. The number of aromatic hydroxyl groups is 1. The first-order valence-electron chi connectivity index (χ1n) is 7.01. The Morgan fingerprint density at radius 2 is 2.11 bits per heavy atom. The lowest BCUT2D eigenvalue weighted by Gasteiger charge is -2.14. The van der Waals surface area contributed by atoms with Crippen molar-refractivity contribution < 1.29 is 9.90 Å². The number of phenolic OH excluding ortho intramolecular Hbond substituents is 1. The molecular formula is C15H22N2O2. The maximum absolute atomic E-state index is 11.7. The molecule has 104 valence electrons. The van der Waals surface area contributed by atoms with E-state index in [1.54, 1.807) is 18.2 Å². The Hall–Kier alpha value is -1.55. The Labute approximate surface area is 114 Å². The van der Waals surface area contributed by atoms with Crippen LogP contribution in [-0.4, -0.2) is 42.1 Å². The number of hydrogen-bond acceptors (Lipinski definition) is 3. The van der Waals surface area contributed by atoms with Gasteiger partial charge in [0.2, 0.25) is 5.91 Å². The second-order valence-corrected chi connectivity index (χ2v) is 5.10. The van der Waals surface area contributed by atoms with Gasteiger partial charge >= 0.3 is 0 Å². The summed E-state index contributed by atoms with van der Waals surface area (Å²) >= 11 is 0. The second-order valence-electron chi connectivity index (χ2n) is 5.10. The number of phenols is 1. The third-order valence-corrected chi connectivity index (χ3v) is 3.45. The van der Waals surface area contributed by atoms with Crippen LogP contribution in [0.2, 0.25) is 0 Å². The standard InChI is InChI=1S/C15H22N2O2/c18-14-6-3-5-13(11-14)12-15(19)16-7-4-10-17-8-1-2-9-17/h3,5-6,11,18H,1-2,4,7-10,12H2,(H,16,19). The van der Waals surface area contributed by atoms with Crippen LogP contribution < -0.4 is 5.32 Å². The lowest BCUT2D eigenvalue weighted by atomic mass is 10.1. The van der Waals surface area contributed by atoms with Crippen molar-refractivity contribution in [2.45, 2.75) is 25.7 Å². The molecule has 1 aliphatic heterocycles. The van der Waals surface area contributed by atoms with Gasteiger partial charge in [0.1, 0.15) is 5.75 Å². The number of amides is 1. The summed E-state index contributed by atoms with van der Waals surface area (Å²) in [6.45, 7) is 4.22. The molecule has 1 aromatic rings. The lowest BCUT2D eigenvalue weighted by Crippen LogP contribution is -2.29. The summed E-state index contributed by atoms with van der Waals surface area (Å²) in [5, 5.41) is 12.3. The van der Waals surface area contributed by atoms with Crippen LogP contribution in [0.1, 0.15) is 24.8 Å². The Morgan fingerprint density at radius 1 is 1.32 bits per heavy atom. The fraction of sp³-hybridized carbons (Fsp3) is 0.533. The van der Waals surface area contributed by atoms with Crippen molar-refractivity contribution in [1.82, 2.24) is 10.2 Å². The Morgan fingerprint density at radius 3 is 2.84 bits per heavy atom. The molecule has 0 spiro atoms. The first-order chi connectivity index (χ1) is 9.24. The average molecular weight is 262 g/mol. The molecule has 19 heavy (non-hydrogen) atoms. The van der Waals surface area contributed by atoms with E-state index >= 15 is 0 Å². The molecule has 1 aromatic carbocycles. The molecule has 0 bridgehead atoms. The van der Waals surface area contributed by atoms with Gasteiger partial charge in [0.05, 0.1) is 6.42 Å². The topological polar surface area (TPSA) is 52.6 Å². The molecule has 0 aromatic heterocycles. The minimum absolute atomic E-state index is 0.0204. The average Bonchev–Trinajstić information content (AvgIpc) is 2.88. The highest BCUT2D eigenvalue weighted by molar-refractivity contribution is 5.78. The number of benzene rings is 1. The predicted molar refractivity (Wildman–Crippen MR) is 75.1 cm³/mol. The predicted octanol–water partition coefficient (Wildman–Crippen LogP) is 1.54. The van der Waals surface area contributed by atoms with E-state index in [0.29, 0.717) is 6.42 Å². The van der Waals surface area contributed by atoms with Crippen molar-refractivity contribution in [2.24, 2.45) is 0 Å². The van der Waals surface area contributed by atoms with Crippen molar-refractivity contribution in [3.05, 3.63) is 29.8 Å². The van der Waals surface area contributed by atoms with E-state index in [-0.39, 0.29) is 11.7 Å². The molecule has 1 fully saturated rings. The van der Waals surface area contributed by atoms with Crippen molar-refractivity contribution in [1.29, 1.82) is 0 Å². The minimum Gasteiger partial charge on any atom is -0.508 e. The molecule has 2 rings (SSSR count). The first-order valence-corrected chi connectivity index (χ1v) is 7.01. The summed E-state index contributed by atoms with van der Waals surface area (Å²) in [7, 11) is 0. The normalized spacial score (nSPS) is 15.6. The van der Waals surface area contributed by atoms with E-state index in [4.69, 9.17) is 0 Å². The molecular weight excluding hydrogens is 240 g/mol. The number of hydrogen-bond donors (Lipinski definition) is 2. The zero-order valence-corrected chi connectivity index (χ0v) is 11.3. The van der Waals surface area contributed by atoms with Gasteiger partial charge in [-0.15, -0.1) is 0 Å². The molecule has 2 N–H and O–H groups in total. The number of carbonyl (C=O) groups is 1. The smallest absolute Gasteiger partial charge is 0.224 e. The van der Waals surface area contributed by atoms with Crippen molar-refractivity contribution in [3.8, 4) is 5.75 Å². The summed E-state index contributed by atoms with van der Waals surface area (Å²) in [5.74, 6) is 0.228. The van der Waals surface area contributed by atoms with E-state index < -0.39 is 0 Å². The highest BCUT2D eigenvalue weighted by Gasteiger charge is 2.10. The van der Waals surface area contributed by atoms with Gasteiger partial charge in [-0.3, -0.25) is 4.79 Å². The highest BCUT2D eigenvalue weighted by Crippen LogP contribution is 2.11. The molecule has 4 nitrogen and oxygen atoms in total. The summed E-state index contributed by atoms with van der Waals surface area (Å²) in [4.78, 5) is 14.2. The van der Waals surface area contributed by atoms with Crippen molar-refractivity contribution in [2.75, 3.05) is 26.2 Å². The fourth-order valence-corrected chi connectivity index (χ4v) is 2.45. The fourth-order valence-electron chi connectivity index (χ4n) is 2.45. The van der Waals surface area contributed by atoms with Crippen LogP contribution in [0.3, 0.4) is 0 Å². The molecule has 0 radical (unpaired) electrons. The van der Waals surface area contributed by atoms with Gasteiger partial charge in [0.15, 0.2) is 0 Å². The molecule has 1 aliphatic rings.